The lowest BCUT2D eigenvalue weighted by Crippen LogP contribution is -2.15. The van der Waals surface area contributed by atoms with Crippen molar-refractivity contribution < 1.29 is 27.1 Å². The van der Waals surface area contributed by atoms with Gasteiger partial charge in [0.1, 0.15) is 18.1 Å². The van der Waals surface area contributed by atoms with Crippen LogP contribution in [0.25, 0.3) is 16.7 Å². The molecule has 0 saturated carbocycles. The third kappa shape index (κ3) is 4.38. The highest BCUT2D eigenvalue weighted by Gasteiger charge is 2.31. The van der Waals surface area contributed by atoms with E-state index < -0.39 is 24.3 Å². The van der Waals surface area contributed by atoms with Gasteiger partial charge in [-0.2, -0.15) is 13.2 Å². The van der Waals surface area contributed by atoms with Gasteiger partial charge in [0.15, 0.2) is 0 Å². The molecule has 31 heavy (non-hydrogen) atoms. The molecule has 1 aliphatic heterocycles. The molecule has 1 aliphatic rings. The third-order valence-electron chi connectivity index (χ3n) is 4.90. The van der Waals surface area contributed by atoms with Crippen molar-refractivity contribution in [1.82, 2.24) is 4.98 Å². The largest absolute Gasteiger partial charge is 0.491 e. The number of amides is 1. The molecule has 8 heteroatoms. The van der Waals surface area contributed by atoms with E-state index in [0.717, 1.165) is 24.1 Å². The predicted molar refractivity (Wildman–Crippen MR) is 109 cm³/mol. The monoisotopic (exact) mass is 430 g/mol. The van der Waals surface area contributed by atoms with E-state index in [1.54, 1.807) is 18.2 Å². The van der Waals surface area contributed by atoms with Crippen LogP contribution in [0.2, 0.25) is 0 Å². The first-order valence-electron chi connectivity index (χ1n) is 9.58. The molecule has 160 valence electrons. The molecule has 4 nitrogen and oxygen atoms in total. The molecule has 0 bridgehead atoms. The SMILES string of the molecule is Cc1ccc2nc(C3=CCCO3)cc(C(=O)Nc3cc(CF)cc(C(F)(F)F)c3)c2c1. The van der Waals surface area contributed by atoms with Crippen molar-refractivity contribution in [2.75, 3.05) is 11.9 Å². The molecule has 1 aromatic heterocycles. The number of pyridine rings is 1. The van der Waals surface area contributed by atoms with Gasteiger partial charge in [-0.25, -0.2) is 9.37 Å². The van der Waals surface area contributed by atoms with E-state index in [4.69, 9.17) is 4.74 Å². The van der Waals surface area contributed by atoms with Gasteiger partial charge in [-0.1, -0.05) is 11.6 Å². The number of carbonyl (C=O) groups excluding carboxylic acids is 1. The maximum absolute atomic E-state index is 13.2. The van der Waals surface area contributed by atoms with Gasteiger partial charge in [-0.15, -0.1) is 0 Å². The summed E-state index contributed by atoms with van der Waals surface area (Å²) in [5.41, 5.74) is 0.809. The number of ether oxygens (including phenoxy) is 1. The minimum atomic E-state index is -4.66. The lowest BCUT2D eigenvalue weighted by molar-refractivity contribution is -0.137. The zero-order valence-electron chi connectivity index (χ0n) is 16.5. The van der Waals surface area contributed by atoms with Crippen molar-refractivity contribution in [2.24, 2.45) is 0 Å². The number of fused-ring (bicyclic) bond motifs is 1. The number of nitrogens with zero attached hydrogens (tertiary/aromatic N) is 1. The molecule has 2 heterocycles. The summed E-state index contributed by atoms with van der Waals surface area (Å²) in [4.78, 5) is 17.6. The molecule has 0 saturated heterocycles. The molecule has 3 aromatic rings. The summed E-state index contributed by atoms with van der Waals surface area (Å²) in [6, 6.07) is 9.66. The molecule has 0 unspecified atom stereocenters. The lowest BCUT2D eigenvalue weighted by atomic mass is 10.0. The quantitative estimate of drug-likeness (QED) is 0.513. The Hall–Kier alpha value is -3.42. The Morgan fingerprint density at radius 2 is 1.97 bits per heavy atom. The minimum absolute atomic E-state index is 0.136. The second kappa shape index (κ2) is 8.02. The Morgan fingerprint density at radius 1 is 1.16 bits per heavy atom. The number of alkyl halides is 4. The summed E-state index contributed by atoms with van der Waals surface area (Å²) < 4.78 is 58.1. The van der Waals surface area contributed by atoms with Crippen LogP contribution in [0.5, 0.6) is 0 Å². The number of halogens is 4. The smallest absolute Gasteiger partial charge is 0.416 e. The normalized spacial score (nSPS) is 13.8. The van der Waals surface area contributed by atoms with Gasteiger partial charge < -0.3 is 10.1 Å². The first kappa shape index (κ1) is 20.8. The van der Waals surface area contributed by atoms with Crippen LogP contribution in [-0.2, 0) is 17.6 Å². The fourth-order valence-corrected chi connectivity index (χ4v) is 3.45. The Kier molecular flexibility index (Phi) is 5.39. The van der Waals surface area contributed by atoms with Gasteiger partial charge in [0.2, 0.25) is 0 Å². The van der Waals surface area contributed by atoms with Gasteiger partial charge in [-0.05, 0) is 55.0 Å². The Bertz CT molecular complexity index is 1200. The van der Waals surface area contributed by atoms with Crippen molar-refractivity contribution >= 4 is 28.3 Å². The lowest BCUT2D eigenvalue weighted by Gasteiger charge is -2.14. The van der Waals surface area contributed by atoms with Crippen molar-refractivity contribution in [3.8, 4) is 0 Å². The molecular formula is C23H18F4N2O2. The van der Waals surface area contributed by atoms with E-state index in [2.05, 4.69) is 10.3 Å². The summed E-state index contributed by atoms with van der Waals surface area (Å²) in [6.45, 7) is 1.29. The number of nitrogens with one attached hydrogen (secondary N) is 1. The molecule has 0 aliphatic carbocycles. The van der Waals surface area contributed by atoms with Crippen LogP contribution in [-0.4, -0.2) is 17.5 Å². The zero-order chi connectivity index (χ0) is 22.2. The predicted octanol–water partition coefficient (Wildman–Crippen LogP) is 6.05. The molecule has 0 fully saturated rings. The van der Waals surface area contributed by atoms with Crippen LogP contribution in [0.1, 0.15) is 39.2 Å². The summed E-state index contributed by atoms with van der Waals surface area (Å²) in [5, 5.41) is 3.03. The topological polar surface area (TPSA) is 51.2 Å². The van der Waals surface area contributed by atoms with Crippen molar-refractivity contribution in [3.63, 3.8) is 0 Å². The third-order valence-corrected chi connectivity index (χ3v) is 4.90. The van der Waals surface area contributed by atoms with Gasteiger partial charge in [0, 0.05) is 17.5 Å². The summed E-state index contributed by atoms with van der Waals surface area (Å²) in [7, 11) is 0. The first-order valence-corrected chi connectivity index (χ1v) is 9.58. The number of anilines is 1. The highest BCUT2D eigenvalue weighted by molar-refractivity contribution is 6.13. The summed E-state index contributed by atoms with van der Waals surface area (Å²) >= 11 is 0. The van der Waals surface area contributed by atoms with Gasteiger partial charge >= 0.3 is 6.18 Å². The van der Waals surface area contributed by atoms with Crippen LogP contribution < -0.4 is 5.32 Å². The van der Waals surface area contributed by atoms with Crippen LogP contribution in [0.4, 0.5) is 23.2 Å². The van der Waals surface area contributed by atoms with E-state index in [-0.39, 0.29) is 16.8 Å². The second-order valence-electron chi connectivity index (χ2n) is 7.29. The van der Waals surface area contributed by atoms with Crippen molar-refractivity contribution in [1.29, 1.82) is 0 Å². The summed E-state index contributed by atoms with van der Waals surface area (Å²) in [6.07, 6.45) is -2.07. The van der Waals surface area contributed by atoms with E-state index in [9.17, 15) is 22.4 Å². The maximum atomic E-state index is 13.2. The molecule has 0 radical (unpaired) electrons. The molecule has 0 spiro atoms. The fraction of sp³-hybridized carbons (Fsp3) is 0.217. The van der Waals surface area contributed by atoms with E-state index in [1.807, 2.05) is 19.1 Å². The van der Waals surface area contributed by atoms with Gasteiger partial charge in [-0.3, -0.25) is 4.79 Å². The van der Waals surface area contributed by atoms with Crippen LogP contribution in [0, 0.1) is 6.92 Å². The van der Waals surface area contributed by atoms with E-state index in [1.165, 1.54) is 6.07 Å². The first-order chi connectivity index (χ1) is 14.7. The van der Waals surface area contributed by atoms with Crippen LogP contribution in [0.15, 0.2) is 48.5 Å². The Morgan fingerprint density at radius 3 is 2.65 bits per heavy atom. The number of hydrogen-bond acceptors (Lipinski definition) is 3. The van der Waals surface area contributed by atoms with Gasteiger partial charge in [0.05, 0.1) is 23.3 Å². The highest BCUT2D eigenvalue weighted by Crippen LogP contribution is 2.33. The fourth-order valence-electron chi connectivity index (χ4n) is 3.45. The maximum Gasteiger partial charge on any atom is 0.416 e. The summed E-state index contributed by atoms with van der Waals surface area (Å²) in [5.74, 6) is -0.0720. The standard InChI is InChI=1S/C23H18F4N2O2/c1-13-4-5-19-17(7-13)18(11-20(29-19)21-3-2-6-31-21)22(30)28-16-9-14(12-24)8-15(10-16)23(25,26)27/h3-5,7-11H,2,6,12H2,1H3,(H,28,30). The molecule has 1 N–H and O–H groups in total. The van der Waals surface area contributed by atoms with E-state index in [0.29, 0.717) is 29.0 Å². The molecule has 0 atom stereocenters. The number of aryl methyl sites for hydroxylation is 1. The van der Waals surface area contributed by atoms with Crippen molar-refractivity contribution in [2.45, 2.75) is 26.2 Å². The molecule has 4 rings (SSSR count). The number of aromatic nitrogens is 1. The second-order valence-corrected chi connectivity index (χ2v) is 7.29. The Labute approximate surface area is 175 Å². The average molecular weight is 430 g/mol. The number of carbonyl (C=O) groups is 1. The van der Waals surface area contributed by atoms with E-state index >= 15 is 0 Å². The number of hydrogen-bond donors (Lipinski definition) is 1. The number of benzene rings is 2. The average Bonchev–Trinajstić information content (AvgIpc) is 3.27. The molecule has 2 aromatic carbocycles. The van der Waals surface area contributed by atoms with Gasteiger partial charge in [0.25, 0.3) is 5.91 Å². The molecule has 1 amide bonds. The highest BCUT2D eigenvalue weighted by atomic mass is 19.4. The number of rotatable bonds is 4. The van der Waals surface area contributed by atoms with Crippen LogP contribution >= 0.6 is 0 Å². The zero-order valence-corrected chi connectivity index (χ0v) is 16.5. The minimum Gasteiger partial charge on any atom is -0.491 e. The van der Waals surface area contributed by atoms with Crippen molar-refractivity contribution in [3.05, 3.63) is 76.5 Å². The molecular weight excluding hydrogens is 412 g/mol. The Balaban J connectivity index is 1.78. The van der Waals surface area contributed by atoms with Crippen LogP contribution in [0.3, 0.4) is 0 Å².